The Balaban J connectivity index is 4.40. The van der Waals surface area contributed by atoms with Crippen LogP contribution in [0.1, 0.15) is 239 Å². The molecule has 0 N–H and O–H groups in total. The van der Waals surface area contributed by atoms with E-state index in [1.807, 2.05) is 0 Å². The van der Waals surface area contributed by atoms with E-state index in [9.17, 15) is 14.4 Å². The molecule has 1 atom stereocenters. The topological polar surface area (TPSA) is 78.9 Å². The van der Waals surface area contributed by atoms with E-state index in [4.69, 9.17) is 14.2 Å². The molecule has 0 saturated carbocycles. The molecule has 0 fully saturated rings. The normalized spacial score (nSPS) is 12.7. The summed E-state index contributed by atoms with van der Waals surface area (Å²) in [6.07, 6.45) is 65.6. The van der Waals surface area contributed by atoms with Gasteiger partial charge in [-0.05, 0) is 77.0 Å². The molecule has 0 aliphatic rings. The average molecular weight is 877 g/mol. The lowest BCUT2D eigenvalue weighted by atomic mass is 10.0. The molecule has 0 aromatic rings. The van der Waals surface area contributed by atoms with Gasteiger partial charge >= 0.3 is 17.9 Å². The third-order valence-electron chi connectivity index (χ3n) is 11.0. The van der Waals surface area contributed by atoms with E-state index in [0.29, 0.717) is 19.3 Å². The first-order valence-corrected chi connectivity index (χ1v) is 26.1. The van der Waals surface area contributed by atoms with Crippen LogP contribution < -0.4 is 0 Å². The Hall–Kier alpha value is -3.41. The third-order valence-corrected chi connectivity index (χ3v) is 11.0. The molecule has 0 aliphatic carbocycles. The van der Waals surface area contributed by atoms with Crippen LogP contribution in [0, 0.1) is 0 Å². The molecule has 6 heteroatoms. The lowest BCUT2D eigenvalue weighted by molar-refractivity contribution is -0.167. The number of allylic oxidation sites excluding steroid dienone is 14. The number of hydrogen-bond acceptors (Lipinski definition) is 6. The van der Waals surface area contributed by atoms with Crippen molar-refractivity contribution in [2.75, 3.05) is 13.2 Å². The number of unbranched alkanes of at least 4 members (excludes halogenated alkanes) is 23. The van der Waals surface area contributed by atoms with Gasteiger partial charge in [-0.15, -0.1) is 0 Å². The summed E-state index contributed by atoms with van der Waals surface area (Å²) in [6, 6.07) is 0. The van der Waals surface area contributed by atoms with Crippen LogP contribution in [0.15, 0.2) is 85.1 Å². The zero-order valence-electron chi connectivity index (χ0n) is 41.1. The fourth-order valence-corrected chi connectivity index (χ4v) is 7.08. The van der Waals surface area contributed by atoms with Crippen LogP contribution >= 0.6 is 0 Å². The van der Waals surface area contributed by atoms with Gasteiger partial charge in [0.15, 0.2) is 6.10 Å². The molecule has 0 bridgehead atoms. The standard InChI is InChI=1S/C57H96O6/c1-4-7-10-13-16-19-22-25-26-27-28-29-30-33-35-38-41-44-47-50-56(59)62-53-54(63-57(60)51-48-45-42-39-36-32-24-21-18-15-12-9-6-3)52-61-55(58)49-46-43-40-37-34-31-23-20-17-14-11-8-5-2/h7,9-10,12,15-16,18-19,21,24-26,28-29,54H,4-6,8,11,13-14,17,20,22-23,27,30-53H2,1-3H3/b10-7+,12-9+,18-15+,19-16+,24-21+,26-25+,29-28+. The predicted octanol–water partition coefficient (Wildman–Crippen LogP) is 17.2. The molecule has 0 rings (SSSR count). The fraction of sp³-hybridized carbons (Fsp3) is 0.702. The maximum Gasteiger partial charge on any atom is 0.306 e. The van der Waals surface area contributed by atoms with Crippen LogP contribution in [-0.2, 0) is 28.6 Å². The number of ether oxygens (including phenoxy) is 3. The number of carbonyl (C=O) groups excluding carboxylic acids is 3. The van der Waals surface area contributed by atoms with Gasteiger partial charge in [-0.2, -0.15) is 0 Å². The Bertz CT molecular complexity index is 1240. The second-order valence-corrected chi connectivity index (χ2v) is 17.1. The highest BCUT2D eigenvalue weighted by Gasteiger charge is 2.19. The van der Waals surface area contributed by atoms with E-state index in [2.05, 4.69) is 106 Å². The van der Waals surface area contributed by atoms with Crippen molar-refractivity contribution < 1.29 is 28.6 Å². The zero-order valence-corrected chi connectivity index (χ0v) is 41.1. The average Bonchev–Trinajstić information content (AvgIpc) is 3.28. The summed E-state index contributed by atoms with van der Waals surface area (Å²) >= 11 is 0. The summed E-state index contributed by atoms with van der Waals surface area (Å²) in [4.78, 5) is 38.0. The van der Waals surface area contributed by atoms with Gasteiger partial charge in [0.2, 0.25) is 0 Å². The molecular formula is C57H96O6. The molecule has 0 radical (unpaired) electrons. The van der Waals surface area contributed by atoms with E-state index in [1.54, 1.807) is 0 Å². The maximum absolute atomic E-state index is 12.8. The molecule has 0 amide bonds. The second kappa shape index (κ2) is 51.2. The smallest absolute Gasteiger partial charge is 0.306 e. The number of carbonyl (C=O) groups is 3. The largest absolute Gasteiger partial charge is 0.462 e. The minimum absolute atomic E-state index is 0.0885. The summed E-state index contributed by atoms with van der Waals surface area (Å²) < 4.78 is 16.8. The molecule has 1 unspecified atom stereocenters. The highest BCUT2D eigenvalue weighted by molar-refractivity contribution is 5.71. The number of esters is 3. The van der Waals surface area contributed by atoms with E-state index >= 15 is 0 Å². The van der Waals surface area contributed by atoms with Crippen molar-refractivity contribution in [1.82, 2.24) is 0 Å². The van der Waals surface area contributed by atoms with Crippen molar-refractivity contribution in [3.63, 3.8) is 0 Å². The van der Waals surface area contributed by atoms with Crippen molar-refractivity contribution >= 4 is 17.9 Å². The van der Waals surface area contributed by atoms with Gasteiger partial charge in [-0.25, -0.2) is 0 Å². The Morgan fingerprint density at radius 2 is 0.698 bits per heavy atom. The van der Waals surface area contributed by atoms with Gasteiger partial charge in [-0.3, -0.25) is 14.4 Å². The highest BCUT2D eigenvalue weighted by Crippen LogP contribution is 2.15. The minimum Gasteiger partial charge on any atom is -0.462 e. The molecule has 0 aromatic carbocycles. The summed E-state index contributed by atoms with van der Waals surface area (Å²) in [6.45, 7) is 6.36. The molecule has 0 saturated heterocycles. The first-order valence-electron chi connectivity index (χ1n) is 26.1. The first kappa shape index (κ1) is 59.6. The van der Waals surface area contributed by atoms with E-state index in [-0.39, 0.29) is 31.1 Å². The van der Waals surface area contributed by atoms with E-state index in [1.165, 1.54) is 77.0 Å². The summed E-state index contributed by atoms with van der Waals surface area (Å²) in [5.41, 5.74) is 0. The summed E-state index contributed by atoms with van der Waals surface area (Å²) in [5, 5.41) is 0. The van der Waals surface area contributed by atoms with Gasteiger partial charge in [0.1, 0.15) is 13.2 Å². The van der Waals surface area contributed by atoms with Crippen molar-refractivity contribution in [2.24, 2.45) is 0 Å². The van der Waals surface area contributed by atoms with Gasteiger partial charge in [0.05, 0.1) is 0 Å². The van der Waals surface area contributed by atoms with Gasteiger partial charge < -0.3 is 14.2 Å². The Morgan fingerprint density at radius 3 is 1.14 bits per heavy atom. The minimum atomic E-state index is -0.791. The first-order chi connectivity index (χ1) is 31.0. The van der Waals surface area contributed by atoms with Crippen LogP contribution in [0.2, 0.25) is 0 Å². The van der Waals surface area contributed by atoms with Crippen molar-refractivity contribution in [1.29, 1.82) is 0 Å². The second-order valence-electron chi connectivity index (χ2n) is 17.1. The summed E-state index contributed by atoms with van der Waals surface area (Å²) in [5.74, 6) is -0.923. The molecule has 0 aromatic heterocycles. The Morgan fingerprint density at radius 1 is 0.349 bits per heavy atom. The van der Waals surface area contributed by atoms with Crippen LogP contribution in [0.3, 0.4) is 0 Å². The van der Waals surface area contributed by atoms with Gasteiger partial charge in [0, 0.05) is 19.3 Å². The fourth-order valence-electron chi connectivity index (χ4n) is 7.08. The predicted molar refractivity (Wildman–Crippen MR) is 270 cm³/mol. The molecule has 360 valence electrons. The van der Waals surface area contributed by atoms with Crippen LogP contribution in [-0.4, -0.2) is 37.2 Å². The lowest BCUT2D eigenvalue weighted by Crippen LogP contribution is -2.30. The molecule has 63 heavy (non-hydrogen) atoms. The Labute approximate surface area is 388 Å². The zero-order chi connectivity index (χ0) is 45.8. The lowest BCUT2D eigenvalue weighted by Gasteiger charge is -2.18. The highest BCUT2D eigenvalue weighted by atomic mass is 16.6. The summed E-state index contributed by atoms with van der Waals surface area (Å²) in [7, 11) is 0. The van der Waals surface area contributed by atoms with Crippen LogP contribution in [0.4, 0.5) is 0 Å². The molecule has 6 nitrogen and oxygen atoms in total. The van der Waals surface area contributed by atoms with Crippen LogP contribution in [0.5, 0.6) is 0 Å². The SMILES string of the molecule is CC/C=C/C=C/C=C/CCCCCCCC(=O)OC(COC(=O)CCCCCCCC/C=C/C/C=C/C/C=C/C/C=C/CC)COC(=O)CCCCCCCCCCCCCCC. The molecule has 0 heterocycles. The van der Waals surface area contributed by atoms with E-state index in [0.717, 1.165) is 122 Å². The maximum atomic E-state index is 12.8. The number of rotatable bonds is 46. The Kier molecular flexibility index (Phi) is 48.5. The van der Waals surface area contributed by atoms with Gasteiger partial charge in [-0.1, -0.05) is 228 Å². The third kappa shape index (κ3) is 49.5. The van der Waals surface area contributed by atoms with E-state index < -0.39 is 6.10 Å². The molecule has 0 aliphatic heterocycles. The quantitative estimate of drug-likeness (QED) is 0.0199. The number of hydrogen-bond donors (Lipinski definition) is 0. The van der Waals surface area contributed by atoms with Crippen LogP contribution in [0.25, 0.3) is 0 Å². The molecular weight excluding hydrogens is 781 g/mol. The van der Waals surface area contributed by atoms with Crippen molar-refractivity contribution in [2.45, 2.75) is 245 Å². The van der Waals surface area contributed by atoms with Crippen molar-refractivity contribution in [3.8, 4) is 0 Å². The van der Waals surface area contributed by atoms with Gasteiger partial charge in [0.25, 0.3) is 0 Å². The monoisotopic (exact) mass is 877 g/mol. The van der Waals surface area contributed by atoms with Crippen molar-refractivity contribution in [3.05, 3.63) is 85.1 Å². The molecule has 0 spiro atoms.